The van der Waals surface area contributed by atoms with Crippen LogP contribution in [0.15, 0.2) is 12.1 Å². The van der Waals surface area contributed by atoms with E-state index in [2.05, 4.69) is 4.74 Å². The minimum absolute atomic E-state index is 0.179. The largest absolute Gasteiger partial charge is 0.386 e. The molecule has 0 bridgehead atoms. The number of ether oxygens (including phenoxy) is 1. The summed E-state index contributed by atoms with van der Waals surface area (Å²) < 4.78 is 5.13. The van der Waals surface area contributed by atoms with Crippen LogP contribution < -0.4 is 0 Å². The number of benzene rings is 1. The Bertz CT molecular complexity index is 428. The van der Waals surface area contributed by atoms with Gasteiger partial charge in [-0.15, -0.1) is 0 Å². The second-order valence-electron chi connectivity index (χ2n) is 2.46. The van der Waals surface area contributed by atoms with Gasteiger partial charge in [0.15, 0.2) is 0 Å². The van der Waals surface area contributed by atoms with Crippen molar-refractivity contribution in [1.82, 2.24) is 0 Å². The molecule has 1 aromatic rings. The van der Waals surface area contributed by atoms with E-state index in [0.29, 0.717) is 0 Å². The van der Waals surface area contributed by atoms with Crippen LogP contribution in [0, 0.1) is 3.57 Å². The second-order valence-corrected chi connectivity index (χ2v) is 4.00. The number of hydrogen-bond donors (Lipinski definition) is 0. The van der Waals surface area contributed by atoms with Crippen molar-refractivity contribution in [3.05, 3.63) is 31.9 Å². The van der Waals surface area contributed by atoms with Gasteiger partial charge in [0.2, 0.25) is 0 Å². The summed E-state index contributed by atoms with van der Waals surface area (Å²) in [5.41, 5.74) is 0.425. The smallest absolute Gasteiger partial charge is 0.348 e. The van der Waals surface area contributed by atoms with Crippen LogP contribution >= 0.6 is 34.2 Å². The van der Waals surface area contributed by atoms with Gasteiger partial charge in [0, 0.05) is 3.57 Å². The molecule has 0 saturated heterocycles. The number of hydrogen-bond acceptors (Lipinski definition) is 3. The molecule has 0 radical (unpaired) electrons. The van der Waals surface area contributed by atoms with E-state index in [1.807, 2.05) is 22.6 Å². The van der Waals surface area contributed by atoms with Crippen molar-refractivity contribution in [1.29, 1.82) is 0 Å². The summed E-state index contributed by atoms with van der Waals surface area (Å²) in [5.74, 6) is -1.29. The lowest BCUT2D eigenvalue weighted by molar-refractivity contribution is 0.0444. The van der Waals surface area contributed by atoms with Crippen LogP contribution in [-0.4, -0.2) is 11.9 Å². The molecule has 0 aromatic heterocycles. The van der Waals surface area contributed by atoms with E-state index in [0.717, 1.165) is 3.57 Å². The van der Waals surface area contributed by atoms with Crippen molar-refractivity contribution in [2.45, 2.75) is 0 Å². The van der Waals surface area contributed by atoms with E-state index in [4.69, 9.17) is 11.6 Å². The van der Waals surface area contributed by atoms with Crippen LogP contribution in [0.2, 0.25) is 5.02 Å². The highest BCUT2D eigenvalue weighted by molar-refractivity contribution is 14.1. The molecule has 0 aliphatic carbocycles. The molecule has 0 saturated carbocycles. The maximum Gasteiger partial charge on any atom is 0.348 e. The maximum atomic E-state index is 11.1. The van der Waals surface area contributed by atoms with E-state index < -0.39 is 11.9 Å². The van der Waals surface area contributed by atoms with Crippen molar-refractivity contribution in [3.63, 3.8) is 0 Å². The van der Waals surface area contributed by atoms with Crippen LogP contribution in [0.1, 0.15) is 20.7 Å². The fourth-order valence-electron chi connectivity index (χ4n) is 1.11. The third-order valence-corrected chi connectivity index (χ3v) is 3.31. The van der Waals surface area contributed by atoms with Crippen molar-refractivity contribution < 1.29 is 14.3 Å². The van der Waals surface area contributed by atoms with Gasteiger partial charge in [0.25, 0.3) is 0 Å². The number of esters is 2. The van der Waals surface area contributed by atoms with Crippen molar-refractivity contribution in [2.24, 2.45) is 0 Å². The Labute approximate surface area is 92.2 Å². The third kappa shape index (κ3) is 1.24. The van der Waals surface area contributed by atoms with Crippen molar-refractivity contribution in [2.75, 3.05) is 0 Å². The number of carbonyl (C=O) groups is 2. The number of carbonyl (C=O) groups excluding carboxylic acids is 2. The van der Waals surface area contributed by atoms with E-state index in [1.54, 1.807) is 6.07 Å². The Kier molecular flexibility index (Phi) is 2.03. The predicted molar refractivity (Wildman–Crippen MR) is 53.9 cm³/mol. The first-order valence-electron chi connectivity index (χ1n) is 3.36. The molecule has 0 unspecified atom stereocenters. The summed E-state index contributed by atoms with van der Waals surface area (Å²) in [5, 5.41) is 0.286. The summed E-state index contributed by atoms with van der Waals surface area (Å²) in [6.45, 7) is 0. The van der Waals surface area contributed by atoms with Gasteiger partial charge in [-0.05, 0) is 34.7 Å². The minimum atomic E-state index is -0.663. The Morgan fingerprint density at radius 3 is 2.62 bits per heavy atom. The predicted octanol–water partition coefficient (Wildman–Crippen LogP) is 2.26. The highest BCUT2D eigenvalue weighted by atomic mass is 127. The monoisotopic (exact) mass is 308 g/mol. The molecule has 2 rings (SSSR count). The quantitative estimate of drug-likeness (QED) is 0.419. The Morgan fingerprint density at radius 2 is 1.92 bits per heavy atom. The normalized spacial score (nSPS) is 14.3. The standard InChI is InChI=1S/C8H2ClIO3/c9-6-4(10)2-1-3-5(6)8(12)13-7(3)11/h1-2H. The summed E-state index contributed by atoms with van der Waals surface area (Å²) in [7, 11) is 0. The molecule has 66 valence electrons. The van der Waals surface area contributed by atoms with Crippen LogP contribution in [0.4, 0.5) is 0 Å². The zero-order chi connectivity index (χ0) is 9.59. The number of fused-ring (bicyclic) bond motifs is 1. The summed E-state index contributed by atoms with van der Waals surface area (Å²) >= 11 is 7.82. The maximum absolute atomic E-state index is 11.1. The molecular formula is C8H2ClIO3. The third-order valence-electron chi connectivity index (χ3n) is 1.70. The average molecular weight is 308 g/mol. The topological polar surface area (TPSA) is 43.4 Å². The first-order chi connectivity index (χ1) is 6.11. The molecule has 1 aromatic carbocycles. The second kappa shape index (κ2) is 2.95. The first kappa shape index (κ1) is 8.96. The zero-order valence-corrected chi connectivity index (χ0v) is 9.05. The van der Waals surface area contributed by atoms with Crippen LogP contribution in [0.5, 0.6) is 0 Å². The highest BCUT2D eigenvalue weighted by Crippen LogP contribution is 2.30. The van der Waals surface area contributed by atoms with Gasteiger partial charge >= 0.3 is 11.9 Å². The van der Waals surface area contributed by atoms with E-state index >= 15 is 0 Å². The van der Waals surface area contributed by atoms with Crippen LogP contribution in [-0.2, 0) is 4.74 Å². The molecule has 0 N–H and O–H groups in total. The number of cyclic esters (lactones) is 2. The van der Waals surface area contributed by atoms with Gasteiger partial charge in [-0.25, -0.2) is 9.59 Å². The van der Waals surface area contributed by atoms with Gasteiger partial charge in [-0.1, -0.05) is 11.6 Å². The van der Waals surface area contributed by atoms with E-state index in [-0.39, 0.29) is 16.1 Å². The molecule has 3 nitrogen and oxygen atoms in total. The molecular weight excluding hydrogens is 306 g/mol. The Morgan fingerprint density at radius 1 is 1.23 bits per heavy atom. The van der Waals surface area contributed by atoms with Gasteiger partial charge in [-0.3, -0.25) is 0 Å². The van der Waals surface area contributed by atoms with Gasteiger partial charge < -0.3 is 4.74 Å². The fourth-order valence-corrected chi connectivity index (χ4v) is 1.80. The van der Waals surface area contributed by atoms with Gasteiger partial charge in [0.05, 0.1) is 16.1 Å². The first-order valence-corrected chi connectivity index (χ1v) is 4.81. The van der Waals surface area contributed by atoms with E-state index in [1.165, 1.54) is 6.07 Å². The van der Waals surface area contributed by atoms with Crippen molar-refractivity contribution in [3.8, 4) is 0 Å². The molecule has 0 atom stereocenters. The average Bonchev–Trinajstić information content (AvgIpc) is 2.35. The highest BCUT2D eigenvalue weighted by Gasteiger charge is 2.32. The van der Waals surface area contributed by atoms with Gasteiger partial charge in [0.1, 0.15) is 0 Å². The summed E-state index contributed by atoms with van der Waals surface area (Å²) in [6.07, 6.45) is 0. The van der Waals surface area contributed by atoms with Crippen LogP contribution in [0.25, 0.3) is 0 Å². The molecule has 1 aliphatic rings. The molecule has 5 heteroatoms. The van der Waals surface area contributed by atoms with Crippen LogP contribution in [0.3, 0.4) is 0 Å². The lowest BCUT2D eigenvalue weighted by Gasteiger charge is -1.97. The zero-order valence-electron chi connectivity index (χ0n) is 6.14. The molecule has 0 fully saturated rings. The number of halogens is 2. The summed E-state index contributed by atoms with van der Waals surface area (Å²) in [6, 6.07) is 3.21. The number of rotatable bonds is 0. The lowest BCUT2D eigenvalue weighted by Crippen LogP contribution is -1.97. The molecule has 1 aliphatic heterocycles. The molecule has 0 spiro atoms. The van der Waals surface area contributed by atoms with Gasteiger partial charge in [-0.2, -0.15) is 0 Å². The molecule has 13 heavy (non-hydrogen) atoms. The summed E-state index contributed by atoms with van der Waals surface area (Å²) in [4.78, 5) is 22.2. The lowest BCUT2D eigenvalue weighted by atomic mass is 10.1. The molecule has 0 amide bonds. The van der Waals surface area contributed by atoms with Crippen molar-refractivity contribution >= 4 is 46.1 Å². The van der Waals surface area contributed by atoms with E-state index in [9.17, 15) is 9.59 Å². The minimum Gasteiger partial charge on any atom is -0.386 e. The Balaban J connectivity index is 2.78. The SMILES string of the molecule is O=C1OC(=O)c2c1ccc(I)c2Cl. The molecule has 1 heterocycles. The Hall–Kier alpha value is -0.620. The fraction of sp³-hybridized carbons (Fsp3) is 0.